The molecule has 5 nitrogen and oxygen atoms in total. The SMILES string of the molecule is O=C(CCN1CCS(=O)(=O)CC1)OC1CC2CC1C1C=CCC21. The standard InChI is InChI=1S/C17H25NO4S/c19-17(4-5-18-6-8-23(20,21)9-7-18)22-16-11-12-10-15(16)14-3-1-2-13(12)14/h1,3,12-16H,2,4-11H2. The number of nitrogens with zero attached hydrogens (tertiary/aromatic N) is 1. The van der Waals surface area contributed by atoms with Gasteiger partial charge in [-0.15, -0.1) is 0 Å². The molecular formula is C17H25NO4S. The highest BCUT2D eigenvalue weighted by Crippen LogP contribution is 2.57. The number of rotatable bonds is 4. The largest absolute Gasteiger partial charge is 0.462 e. The monoisotopic (exact) mass is 339 g/mol. The first-order valence-corrected chi connectivity index (χ1v) is 10.6. The van der Waals surface area contributed by atoms with E-state index in [2.05, 4.69) is 17.1 Å². The molecule has 0 aromatic rings. The van der Waals surface area contributed by atoms with Crippen LogP contribution in [0.3, 0.4) is 0 Å². The molecule has 0 N–H and O–H groups in total. The number of esters is 1. The highest BCUT2D eigenvalue weighted by Gasteiger charge is 2.53. The number of fused-ring (bicyclic) bond motifs is 5. The quantitative estimate of drug-likeness (QED) is 0.570. The molecule has 2 bridgehead atoms. The van der Waals surface area contributed by atoms with Crippen LogP contribution in [-0.2, 0) is 19.4 Å². The van der Waals surface area contributed by atoms with E-state index < -0.39 is 9.84 Å². The van der Waals surface area contributed by atoms with Crippen molar-refractivity contribution in [3.8, 4) is 0 Å². The summed E-state index contributed by atoms with van der Waals surface area (Å²) in [5.41, 5.74) is 0. The fraction of sp³-hybridized carbons (Fsp3) is 0.824. The molecule has 1 saturated heterocycles. The van der Waals surface area contributed by atoms with Crippen LogP contribution in [0.5, 0.6) is 0 Å². The number of hydrogen-bond acceptors (Lipinski definition) is 5. The van der Waals surface area contributed by atoms with E-state index in [1.54, 1.807) is 0 Å². The van der Waals surface area contributed by atoms with Crippen LogP contribution in [-0.4, -0.2) is 56.5 Å². The van der Waals surface area contributed by atoms with E-state index in [4.69, 9.17) is 4.74 Å². The molecule has 0 aromatic heterocycles. The van der Waals surface area contributed by atoms with Crippen molar-refractivity contribution in [1.82, 2.24) is 4.90 Å². The van der Waals surface area contributed by atoms with Gasteiger partial charge in [-0.05, 0) is 37.0 Å². The van der Waals surface area contributed by atoms with Crippen LogP contribution >= 0.6 is 0 Å². The molecule has 4 rings (SSSR count). The second-order valence-corrected chi connectivity index (χ2v) is 9.88. The van der Waals surface area contributed by atoms with Crippen LogP contribution in [0.1, 0.15) is 25.7 Å². The van der Waals surface area contributed by atoms with Crippen molar-refractivity contribution in [3.63, 3.8) is 0 Å². The summed E-state index contributed by atoms with van der Waals surface area (Å²) in [6.45, 7) is 1.69. The Morgan fingerprint density at radius 2 is 1.96 bits per heavy atom. The highest BCUT2D eigenvalue weighted by atomic mass is 32.2. The van der Waals surface area contributed by atoms with Gasteiger partial charge in [-0.1, -0.05) is 12.2 Å². The fourth-order valence-corrected chi connectivity index (χ4v) is 6.35. The zero-order chi connectivity index (χ0) is 16.0. The molecule has 5 atom stereocenters. The Morgan fingerprint density at radius 3 is 2.74 bits per heavy atom. The van der Waals surface area contributed by atoms with Gasteiger partial charge in [0.2, 0.25) is 0 Å². The molecule has 1 heterocycles. The summed E-state index contributed by atoms with van der Waals surface area (Å²) >= 11 is 0. The van der Waals surface area contributed by atoms with Crippen molar-refractivity contribution in [2.75, 3.05) is 31.1 Å². The highest BCUT2D eigenvalue weighted by molar-refractivity contribution is 7.91. The van der Waals surface area contributed by atoms with Crippen molar-refractivity contribution in [2.24, 2.45) is 23.7 Å². The predicted octanol–water partition coefficient (Wildman–Crippen LogP) is 1.25. The summed E-state index contributed by atoms with van der Waals surface area (Å²) in [5, 5.41) is 0. The Kier molecular flexibility index (Phi) is 4.00. The minimum absolute atomic E-state index is 0.109. The summed E-state index contributed by atoms with van der Waals surface area (Å²) < 4.78 is 28.6. The van der Waals surface area contributed by atoms with Crippen molar-refractivity contribution < 1.29 is 17.9 Å². The maximum Gasteiger partial charge on any atom is 0.307 e. The van der Waals surface area contributed by atoms with E-state index in [1.165, 1.54) is 12.8 Å². The van der Waals surface area contributed by atoms with Gasteiger partial charge in [0.15, 0.2) is 9.84 Å². The Hall–Kier alpha value is -0.880. The lowest BCUT2D eigenvalue weighted by atomic mass is 9.80. The molecular weight excluding hydrogens is 314 g/mol. The maximum atomic E-state index is 12.2. The van der Waals surface area contributed by atoms with Crippen molar-refractivity contribution in [2.45, 2.75) is 31.8 Å². The predicted molar refractivity (Wildman–Crippen MR) is 86.5 cm³/mol. The fourth-order valence-electron chi connectivity index (χ4n) is 5.07. The Labute approximate surface area is 138 Å². The smallest absolute Gasteiger partial charge is 0.307 e. The number of carbonyl (C=O) groups is 1. The van der Waals surface area contributed by atoms with E-state index in [0.29, 0.717) is 37.9 Å². The molecule has 4 aliphatic rings. The molecule has 5 unspecified atom stereocenters. The molecule has 1 aliphatic heterocycles. The van der Waals surface area contributed by atoms with Crippen LogP contribution in [0.4, 0.5) is 0 Å². The van der Waals surface area contributed by atoms with Gasteiger partial charge < -0.3 is 9.64 Å². The van der Waals surface area contributed by atoms with Gasteiger partial charge >= 0.3 is 5.97 Å². The third kappa shape index (κ3) is 3.07. The summed E-state index contributed by atoms with van der Waals surface area (Å²) in [5.74, 6) is 3.03. The van der Waals surface area contributed by atoms with Crippen molar-refractivity contribution in [1.29, 1.82) is 0 Å². The summed E-state index contributed by atoms with van der Waals surface area (Å²) in [7, 11) is -2.85. The summed E-state index contributed by atoms with van der Waals surface area (Å²) in [6.07, 6.45) is 8.59. The zero-order valence-corrected chi connectivity index (χ0v) is 14.2. The van der Waals surface area contributed by atoms with E-state index in [-0.39, 0.29) is 23.6 Å². The molecule has 0 aromatic carbocycles. The Morgan fingerprint density at radius 1 is 1.17 bits per heavy atom. The van der Waals surface area contributed by atoms with Gasteiger partial charge in [0.05, 0.1) is 17.9 Å². The number of carbonyl (C=O) groups excluding carboxylic acids is 1. The third-order valence-corrected chi connectivity index (χ3v) is 7.91. The third-order valence-electron chi connectivity index (χ3n) is 6.30. The van der Waals surface area contributed by atoms with E-state index >= 15 is 0 Å². The van der Waals surface area contributed by atoms with Crippen LogP contribution in [0, 0.1) is 23.7 Å². The number of allylic oxidation sites excluding steroid dienone is 2. The first-order valence-electron chi connectivity index (χ1n) is 8.81. The number of hydrogen-bond donors (Lipinski definition) is 0. The molecule has 3 fully saturated rings. The van der Waals surface area contributed by atoms with Crippen LogP contribution < -0.4 is 0 Å². The lowest BCUT2D eigenvalue weighted by molar-refractivity contribution is -0.153. The first-order chi connectivity index (χ1) is 11.0. The zero-order valence-electron chi connectivity index (χ0n) is 13.4. The van der Waals surface area contributed by atoms with E-state index in [0.717, 1.165) is 18.3 Å². The van der Waals surface area contributed by atoms with Gasteiger partial charge in [0, 0.05) is 25.6 Å². The van der Waals surface area contributed by atoms with Crippen LogP contribution in [0.25, 0.3) is 0 Å². The first kappa shape index (κ1) is 15.6. The van der Waals surface area contributed by atoms with Crippen molar-refractivity contribution >= 4 is 15.8 Å². The minimum Gasteiger partial charge on any atom is -0.462 e. The Balaban J connectivity index is 1.23. The molecule has 128 valence electrons. The van der Waals surface area contributed by atoms with E-state index in [1.807, 2.05) is 0 Å². The van der Waals surface area contributed by atoms with Gasteiger partial charge in [0.25, 0.3) is 0 Å². The second kappa shape index (κ2) is 5.88. The van der Waals surface area contributed by atoms with Crippen LogP contribution in [0.15, 0.2) is 12.2 Å². The maximum absolute atomic E-state index is 12.2. The number of sulfone groups is 1. The molecule has 3 aliphatic carbocycles. The summed E-state index contributed by atoms with van der Waals surface area (Å²) in [6, 6.07) is 0. The average molecular weight is 339 g/mol. The lowest BCUT2D eigenvalue weighted by Crippen LogP contribution is -2.41. The van der Waals surface area contributed by atoms with E-state index in [9.17, 15) is 13.2 Å². The minimum atomic E-state index is -2.85. The van der Waals surface area contributed by atoms with Gasteiger partial charge in [-0.3, -0.25) is 4.79 Å². The Bertz CT molecular complexity index is 600. The molecule has 23 heavy (non-hydrogen) atoms. The summed E-state index contributed by atoms with van der Waals surface area (Å²) in [4.78, 5) is 14.2. The van der Waals surface area contributed by atoms with Gasteiger partial charge in [-0.25, -0.2) is 8.42 Å². The van der Waals surface area contributed by atoms with Crippen LogP contribution in [0.2, 0.25) is 0 Å². The lowest BCUT2D eigenvalue weighted by Gasteiger charge is -2.31. The van der Waals surface area contributed by atoms with Gasteiger partial charge in [0.1, 0.15) is 6.10 Å². The average Bonchev–Trinajstić information content (AvgIpc) is 3.18. The molecule has 0 amide bonds. The van der Waals surface area contributed by atoms with Crippen molar-refractivity contribution in [3.05, 3.63) is 12.2 Å². The molecule has 6 heteroatoms. The normalized spacial score (nSPS) is 41.1. The number of ether oxygens (including phenoxy) is 1. The molecule has 2 saturated carbocycles. The van der Waals surface area contributed by atoms with Gasteiger partial charge in [-0.2, -0.15) is 0 Å². The second-order valence-electron chi connectivity index (χ2n) is 7.57. The molecule has 0 radical (unpaired) electrons. The molecule has 0 spiro atoms. The topological polar surface area (TPSA) is 63.7 Å².